The predicted octanol–water partition coefficient (Wildman–Crippen LogP) is 2.99. The van der Waals surface area contributed by atoms with Crippen molar-refractivity contribution in [2.24, 2.45) is 0 Å². The van der Waals surface area contributed by atoms with Crippen LogP contribution in [0.3, 0.4) is 0 Å². The Morgan fingerprint density at radius 3 is 2.50 bits per heavy atom. The van der Waals surface area contributed by atoms with E-state index >= 15 is 0 Å². The van der Waals surface area contributed by atoms with Crippen molar-refractivity contribution in [1.29, 1.82) is 0 Å². The number of ether oxygens (including phenoxy) is 2. The molecule has 0 bridgehead atoms. The Kier molecular flexibility index (Phi) is 3.22. The van der Waals surface area contributed by atoms with Gasteiger partial charge in [0.05, 0.1) is 12.2 Å². The zero-order valence-electron chi connectivity index (χ0n) is 9.90. The zero-order valence-corrected chi connectivity index (χ0v) is 9.90. The van der Waals surface area contributed by atoms with Crippen LogP contribution in [0.4, 0.5) is 5.69 Å². The lowest BCUT2D eigenvalue weighted by Gasteiger charge is -2.27. The molecule has 16 heavy (non-hydrogen) atoms. The molecule has 0 unspecified atom stereocenters. The summed E-state index contributed by atoms with van der Waals surface area (Å²) in [6.45, 7) is 3.97. The number of nitrogen functional groups attached to an aromatic ring is 1. The maximum absolute atomic E-state index is 6.01. The van der Waals surface area contributed by atoms with Gasteiger partial charge in [0.2, 0.25) is 0 Å². The van der Waals surface area contributed by atoms with Gasteiger partial charge in [-0.1, -0.05) is 6.07 Å². The number of para-hydroxylation sites is 1. The van der Waals surface area contributed by atoms with E-state index < -0.39 is 0 Å². The van der Waals surface area contributed by atoms with Gasteiger partial charge in [0.1, 0.15) is 17.2 Å². The Hall–Kier alpha value is -1.38. The van der Waals surface area contributed by atoms with Gasteiger partial charge in [-0.3, -0.25) is 0 Å². The molecule has 1 aliphatic rings. The molecule has 0 spiro atoms. The van der Waals surface area contributed by atoms with E-state index in [9.17, 15) is 0 Å². The first-order chi connectivity index (χ1) is 7.66. The Balaban J connectivity index is 2.11. The molecular weight excluding hydrogens is 202 g/mol. The molecule has 0 aromatic heterocycles. The monoisotopic (exact) mass is 221 g/mol. The number of anilines is 1. The summed E-state index contributed by atoms with van der Waals surface area (Å²) >= 11 is 0. The fourth-order valence-electron chi connectivity index (χ4n) is 1.65. The number of hydrogen-bond acceptors (Lipinski definition) is 3. The molecule has 1 aliphatic carbocycles. The predicted molar refractivity (Wildman–Crippen MR) is 64.9 cm³/mol. The SMILES string of the molecule is CC(C)Oc1cccc(OC2CCC2)c1N. The smallest absolute Gasteiger partial charge is 0.146 e. The van der Waals surface area contributed by atoms with E-state index in [1.54, 1.807) is 0 Å². The first-order valence-electron chi connectivity index (χ1n) is 5.88. The standard InChI is InChI=1S/C13H19NO2/c1-9(2)15-11-7-4-8-12(13(11)14)16-10-5-3-6-10/h4,7-10H,3,5-6,14H2,1-2H3. The number of benzene rings is 1. The van der Waals surface area contributed by atoms with Crippen molar-refractivity contribution in [2.45, 2.75) is 45.3 Å². The second kappa shape index (κ2) is 4.64. The zero-order chi connectivity index (χ0) is 11.5. The lowest BCUT2D eigenvalue weighted by atomic mass is 9.96. The fourth-order valence-corrected chi connectivity index (χ4v) is 1.65. The molecule has 1 fully saturated rings. The summed E-state index contributed by atoms with van der Waals surface area (Å²) in [5, 5.41) is 0. The molecule has 0 heterocycles. The van der Waals surface area contributed by atoms with E-state index in [2.05, 4.69) is 0 Å². The Labute approximate surface area is 96.5 Å². The van der Waals surface area contributed by atoms with Crippen molar-refractivity contribution < 1.29 is 9.47 Å². The molecule has 3 nitrogen and oxygen atoms in total. The van der Waals surface area contributed by atoms with Crippen LogP contribution >= 0.6 is 0 Å². The molecule has 0 amide bonds. The van der Waals surface area contributed by atoms with E-state index in [0.717, 1.165) is 18.6 Å². The molecule has 0 radical (unpaired) electrons. The number of hydrogen-bond donors (Lipinski definition) is 1. The fraction of sp³-hybridized carbons (Fsp3) is 0.538. The quantitative estimate of drug-likeness (QED) is 0.795. The number of nitrogens with two attached hydrogens (primary N) is 1. The van der Waals surface area contributed by atoms with Crippen molar-refractivity contribution in [2.75, 3.05) is 5.73 Å². The highest BCUT2D eigenvalue weighted by molar-refractivity contribution is 5.62. The third-order valence-electron chi connectivity index (χ3n) is 2.73. The molecule has 1 aromatic rings. The summed E-state index contributed by atoms with van der Waals surface area (Å²) in [5.74, 6) is 1.47. The summed E-state index contributed by atoms with van der Waals surface area (Å²) in [7, 11) is 0. The van der Waals surface area contributed by atoms with Crippen molar-refractivity contribution in [3.63, 3.8) is 0 Å². The second-order valence-electron chi connectivity index (χ2n) is 4.51. The Morgan fingerprint density at radius 1 is 1.25 bits per heavy atom. The van der Waals surface area contributed by atoms with E-state index in [4.69, 9.17) is 15.2 Å². The van der Waals surface area contributed by atoms with Gasteiger partial charge in [-0.25, -0.2) is 0 Å². The van der Waals surface area contributed by atoms with Gasteiger partial charge in [0.15, 0.2) is 0 Å². The maximum atomic E-state index is 6.01. The van der Waals surface area contributed by atoms with Gasteiger partial charge >= 0.3 is 0 Å². The summed E-state index contributed by atoms with van der Waals surface area (Å²) in [4.78, 5) is 0. The van der Waals surface area contributed by atoms with Crippen LogP contribution in [0.15, 0.2) is 18.2 Å². The Bertz CT molecular complexity index is 359. The highest BCUT2D eigenvalue weighted by Gasteiger charge is 2.20. The molecule has 0 saturated heterocycles. The maximum Gasteiger partial charge on any atom is 0.146 e. The van der Waals surface area contributed by atoms with Gasteiger partial charge in [0.25, 0.3) is 0 Å². The van der Waals surface area contributed by atoms with Crippen LogP contribution < -0.4 is 15.2 Å². The van der Waals surface area contributed by atoms with Crippen LogP contribution in [0.2, 0.25) is 0 Å². The molecule has 1 aromatic carbocycles. The molecular formula is C13H19NO2. The third-order valence-corrected chi connectivity index (χ3v) is 2.73. The second-order valence-corrected chi connectivity index (χ2v) is 4.51. The van der Waals surface area contributed by atoms with Crippen LogP contribution in [0.5, 0.6) is 11.5 Å². The molecule has 3 heteroatoms. The minimum absolute atomic E-state index is 0.126. The van der Waals surface area contributed by atoms with Crippen molar-refractivity contribution in [3.8, 4) is 11.5 Å². The van der Waals surface area contributed by atoms with E-state index in [-0.39, 0.29) is 6.10 Å². The minimum Gasteiger partial charge on any atom is -0.489 e. The lowest BCUT2D eigenvalue weighted by Crippen LogP contribution is -2.25. The average Bonchev–Trinajstić information content (AvgIpc) is 2.16. The van der Waals surface area contributed by atoms with Crippen molar-refractivity contribution >= 4 is 5.69 Å². The van der Waals surface area contributed by atoms with Gasteiger partial charge < -0.3 is 15.2 Å². The highest BCUT2D eigenvalue weighted by atomic mass is 16.5. The van der Waals surface area contributed by atoms with Gasteiger partial charge in [-0.2, -0.15) is 0 Å². The first kappa shape index (κ1) is 11.1. The average molecular weight is 221 g/mol. The van der Waals surface area contributed by atoms with Crippen molar-refractivity contribution in [3.05, 3.63) is 18.2 Å². The van der Waals surface area contributed by atoms with Crippen LogP contribution in [0, 0.1) is 0 Å². The molecule has 2 N–H and O–H groups in total. The van der Waals surface area contributed by atoms with Crippen LogP contribution in [-0.4, -0.2) is 12.2 Å². The summed E-state index contributed by atoms with van der Waals surface area (Å²) < 4.78 is 11.4. The van der Waals surface area contributed by atoms with Crippen LogP contribution in [0.25, 0.3) is 0 Å². The van der Waals surface area contributed by atoms with Crippen LogP contribution in [-0.2, 0) is 0 Å². The third kappa shape index (κ3) is 2.40. The Morgan fingerprint density at radius 2 is 1.94 bits per heavy atom. The highest BCUT2D eigenvalue weighted by Crippen LogP contribution is 2.35. The van der Waals surface area contributed by atoms with E-state index in [1.807, 2.05) is 32.0 Å². The molecule has 1 saturated carbocycles. The summed E-state index contributed by atoms with van der Waals surface area (Å²) in [6.07, 6.45) is 3.99. The lowest BCUT2D eigenvalue weighted by molar-refractivity contribution is 0.120. The first-order valence-corrected chi connectivity index (χ1v) is 5.88. The van der Waals surface area contributed by atoms with Gasteiger partial charge in [-0.05, 0) is 45.2 Å². The summed E-state index contributed by atoms with van der Waals surface area (Å²) in [5.41, 5.74) is 6.62. The largest absolute Gasteiger partial charge is 0.489 e. The van der Waals surface area contributed by atoms with E-state index in [1.165, 1.54) is 6.42 Å². The molecule has 2 rings (SSSR count). The van der Waals surface area contributed by atoms with Crippen molar-refractivity contribution in [1.82, 2.24) is 0 Å². The molecule has 0 aliphatic heterocycles. The molecule has 0 atom stereocenters. The number of rotatable bonds is 4. The minimum atomic E-state index is 0.126. The normalized spacial score (nSPS) is 15.9. The topological polar surface area (TPSA) is 44.5 Å². The summed E-state index contributed by atoms with van der Waals surface area (Å²) in [6, 6.07) is 5.70. The van der Waals surface area contributed by atoms with Gasteiger partial charge in [0, 0.05) is 0 Å². The van der Waals surface area contributed by atoms with E-state index in [0.29, 0.717) is 17.5 Å². The molecule has 88 valence electrons. The van der Waals surface area contributed by atoms with Gasteiger partial charge in [-0.15, -0.1) is 0 Å². The van der Waals surface area contributed by atoms with Crippen LogP contribution in [0.1, 0.15) is 33.1 Å².